The van der Waals surface area contributed by atoms with Crippen LogP contribution in [0.25, 0.3) is 0 Å². The second-order valence-electron chi connectivity index (χ2n) is 4.52. The van der Waals surface area contributed by atoms with E-state index in [2.05, 4.69) is 35.9 Å². The molecule has 1 heterocycles. The monoisotopic (exact) mass is 245 g/mol. The van der Waals surface area contributed by atoms with Crippen molar-refractivity contribution in [1.82, 2.24) is 9.97 Å². The molecule has 0 bridgehead atoms. The lowest BCUT2D eigenvalue weighted by Crippen LogP contribution is -2.06. The van der Waals surface area contributed by atoms with Crippen LogP contribution in [0.2, 0.25) is 0 Å². The van der Waals surface area contributed by atoms with Crippen LogP contribution in [0.15, 0.2) is 18.2 Å². The summed E-state index contributed by atoms with van der Waals surface area (Å²) in [7, 11) is 0. The Hall–Kier alpha value is -1.97. The van der Waals surface area contributed by atoms with Crippen molar-refractivity contribution in [3.05, 3.63) is 52.2 Å². The van der Waals surface area contributed by atoms with E-state index < -0.39 is 5.82 Å². The standard InChI is InChI=1S/C14H16FN3/c1-8-4-5-11(6-9(8)2)7-12-17-10(3)13(15)14(16)18-12/h4-6H,7H2,1-3H3,(H2,16,17,18). The summed E-state index contributed by atoms with van der Waals surface area (Å²) in [5.74, 6) is -0.0603. The molecule has 0 saturated heterocycles. The van der Waals surface area contributed by atoms with Gasteiger partial charge < -0.3 is 5.73 Å². The van der Waals surface area contributed by atoms with Gasteiger partial charge in [-0.25, -0.2) is 14.4 Å². The van der Waals surface area contributed by atoms with E-state index in [0.717, 1.165) is 5.56 Å². The van der Waals surface area contributed by atoms with Crippen LogP contribution in [0.5, 0.6) is 0 Å². The zero-order chi connectivity index (χ0) is 13.3. The molecule has 0 aliphatic rings. The van der Waals surface area contributed by atoms with Crippen molar-refractivity contribution in [1.29, 1.82) is 0 Å². The lowest BCUT2D eigenvalue weighted by molar-refractivity contribution is 0.603. The smallest absolute Gasteiger partial charge is 0.186 e. The van der Waals surface area contributed by atoms with Gasteiger partial charge in [-0.1, -0.05) is 18.2 Å². The molecule has 0 radical (unpaired) electrons. The van der Waals surface area contributed by atoms with E-state index in [1.807, 2.05) is 6.07 Å². The van der Waals surface area contributed by atoms with E-state index in [0.29, 0.717) is 17.9 Å². The molecule has 4 heteroatoms. The van der Waals surface area contributed by atoms with Crippen molar-refractivity contribution < 1.29 is 4.39 Å². The molecular weight excluding hydrogens is 229 g/mol. The van der Waals surface area contributed by atoms with Crippen LogP contribution in [0.4, 0.5) is 10.2 Å². The van der Waals surface area contributed by atoms with E-state index in [-0.39, 0.29) is 5.82 Å². The Morgan fingerprint density at radius 3 is 2.44 bits per heavy atom. The Morgan fingerprint density at radius 1 is 1.11 bits per heavy atom. The SMILES string of the molecule is Cc1ccc(Cc2nc(C)c(F)c(N)n2)cc1C. The molecule has 1 aromatic heterocycles. The summed E-state index contributed by atoms with van der Waals surface area (Å²) in [6, 6.07) is 6.18. The number of nitrogen functional groups attached to an aromatic ring is 1. The number of aryl methyl sites for hydroxylation is 3. The van der Waals surface area contributed by atoms with Gasteiger partial charge in [0.1, 0.15) is 5.82 Å². The minimum atomic E-state index is -0.529. The summed E-state index contributed by atoms with van der Waals surface area (Å²) in [5, 5.41) is 0. The number of aromatic nitrogens is 2. The van der Waals surface area contributed by atoms with Gasteiger partial charge in [-0.2, -0.15) is 0 Å². The first kappa shape index (κ1) is 12.5. The third-order valence-corrected chi connectivity index (χ3v) is 3.02. The molecule has 2 rings (SSSR count). The van der Waals surface area contributed by atoms with Crippen molar-refractivity contribution in [3.8, 4) is 0 Å². The third-order valence-electron chi connectivity index (χ3n) is 3.02. The lowest BCUT2D eigenvalue weighted by atomic mass is 10.0. The maximum absolute atomic E-state index is 13.3. The average Bonchev–Trinajstić information content (AvgIpc) is 2.31. The molecule has 0 amide bonds. The van der Waals surface area contributed by atoms with E-state index in [9.17, 15) is 4.39 Å². The highest BCUT2D eigenvalue weighted by Crippen LogP contribution is 2.15. The van der Waals surface area contributed by atoms with Gasteiger partial charge in [-0.05, 0) is 37.5 Å². The minimum Gasteiger partial charge on any atom is -0.381 e. The molecule has 0 fully saturated rings. The molecule has 0 spiro atoms. The Labute approximate surface area is 106 Å². The molecule has 18 heavy (non-hydrogen) atoms. The van der Waals surface area contributed by atoms with Crippen LogP contribution in [-0.4, -0.2) is 9.97 Å². The third kappa shape index (κ3) is 2.47. The second kappa shape index (κ2) is 4.72. The fourth-order valence-corrected chi connectivity index (χ4v) is 1.82. The van der Waals surface area contributed by atoms with Gasteiger partial charge in [0.2, 0.25) is 0 Å². The van der Waals surface area contributed by atoms with Crippen LogP contribution < -0.4 is 5.73 Å². The Morgan fingerprint density at radius 2 is 1.83 bits per heavy atom. The fraction of sp³-hybridized carbons (Fsp3) is 0.286. The van der Waals surface area contributed by atoms with Gasteiger partial charge in [0.15, 0.2) is 11.6 Å². The zero-order valence-corrected chi connectivity index (χ0v) is 10.8. The predicted octanol–water partition coefficient (Wildman–Crippen LogP) is 2.71. The highest BCUT2D eigenvalue weighted by atomic mass is 19.1. The van der Waals surface area contributed by atoms with Crippen molar-refractivity contribution in [3.63, 3.8) is 0 Å². The summed E-state index contributed by atoms with van der Waals surface area (Å²) < 4.78 is 13.3. The molecule has 2 aromatic rings. The maximum atomic E-state index is 13.3. The van der Waals surface area contributed by atoms with Crippen molar-refractivity contribution in [2.75, 3.05) is 5.73 Å². The molecule has 2 N–H and O–H groups in total. The number of rotatable bonds is 2. The van der Waals surface area contributed by atoms with E-state index in [1.54, 1.807) is 6.92 Å². The molecule has 1 aromatic carbocycles. The number of nitrogens with zero attached hydrogens (tertiary/aromatic N) is 2. The predicted molar refractivity (Wildman–Crippen MR) is 69.9 cm³/mol. The molecule has 0 aliphatic heterocycles. The highest BCUT2D eigenvalue weighted by molar-refractivity contribution is 5.35. The fourth-order valence-electron chi connectivity index (χ4n) is 1.82. The zero-order valence-electron chi connectivity index (χ0n) is 10.8. The van der Waals surface area contributed by atoms with Crippen molar-refractivity contribution in [2.45, 2.75) is 27.2 Å². The molecular formula is C14H16FN3. The minimum absolute atomic E-state index is 0.0821. The lowest BCUT2D eigenvalue weighted by Gasteiger charge is -2.07. The first-order valence-electron chi connectivity index (χ1n) is 5.82. The number of nitrogens with two attached hydrogens (primary N) is 1. The van der Waals surface area contributed by atoms with Crippen LogP contribution in [-0.2, 0) is 6.42 Å². The first-order chi connectivity index (χ1) is 8.47. The first-order valence-corrected chi connectivity index (χ1v) is 5.82. The van der Waals surface area contributed by atoms with Gasteiger partial charge >= 0.3 is 0 Å². The largest absolute Gasteiger partial charge is 0.381 e. The topological polar surface area (TPSA) is 51.8 Å². The van der Waals surface area contributed by atoms with Crippen molar-refractivity contribution in [2.24, 2.45) is 0 Å². The summed E-state index contributed by atoms with van der Waals surface area (Å²) in [5.41, 5.74) is 9.36. The number of halogens is 1. The Balaban J connectivity index is 2.31. The van der Waals surface area contributed by atoms with Crippen LogP contribution in [0, 0.1) is 26.6 Å². The van der Waals surface area contributed by atoms with E-state index in [4.69, 9.17) is 5.73 Å². The van der Waals surface area contributed by atoms with Crippen molar-refractivity contribution >= 4 is 5.82 Å². The second-order valence-corrected chi connectivity index (χ2v) is 4.52. The number of anilines is 1. The number of hydrogen-bond acceptors (Lipinski definition) is 3. The quantitative estimate of drug-likeness (QED) is 0.885. The molecule has 0 unspecified atom stereocenters. The molecule has 3 nitrogen and oxygen atoms in total. The molecule has 0 atom stereocenters. The van der Waals surface area contributed by atoms with E-state index >= 15 is 0 Å². The van der Waals surface area contributed by atoms with Crippen LogP contribution in [0.1, 0.15) is 28.2 Å². The van der Waals surface area contributed by atoms with Gasteiger partial charge in [0.25, 0.3) is 0 Å². The van der Waals surface area contributed by atoms with Gasteiger partial charge in [-0.3, -0.25) is 0 Å². The number of benzene rings is 1. The Bertz CT molecular complexity index is 571. The summed E-state index contributed by atoms with van der Waals surface area (Å²) >= 11 is 0. The molecule has 0 saturated carbocycles. The van der Waals surface area contributed by atoms with Gasteiger partial charge in [-0.15, -0.1) is 0 Å². The highest BCUT2D eigenvalue weighted by Gasteiger charge is 2.09. The summed E-state index contributed by atoms with van der Waals surface area (Å²) in [4.78, 5) is 8.09. The summed E-state index contributed by atoms with van der Waals surface area (Å²) in [6.45, 7) is 5.72. The normalized spacial score (nSPS) is 10.7. The average molecular weight is 245 g/mol. The van der Waals surface area contributed by atoms with Crippen LogP contribution >= 0.6 is 0 Å². The van der Waals surface area contributed by atoms with E-state index in [1.165, 1.54) is 11.1 Å². The molecule has 94 valence electrons. The van der Waals surface area contributed by atoms with Gasteiger partial charge in [0.05, 0.1) is 5.69 Å². The maximum Gasteiger partial charge on any atom is 0.186 e. The Kier molecular flexibility index (Phi) is 3.28. The summed E-state index contributed by atoms with van der Waals surface area (Å²) in [6.07, 6.45) is 0.562. The van der Waals surface area contributed by atoms with Gasteiger partial charge in [0, 0.05) is 6.42 Å². The molecule has 0 aliphatic carbocycles. The number of hydrogen-bond donors (Lipinski definition) is 1. The van der Waals surface area contributed by atoms with Crippen LogP contribution in [0.3, 0.4) is 0 Å².